The molecule has 1 saturated heterocycles. The lowest BCUT2D eigenvalue weighted by molar-refractivity contribution is 0.245. The summed E-state index contributed by atoms with van der Waals surface area (Å²) in [5.74, 6) is 0.956. The highest BCUT2D eigenvalue weighted by Gasteiger charge is 2.20. The second kappa shape index (κ2) is 5.91. The molecule has 18 heavy (non-hydrogen) atoms. The van der Waals surface area contributed by atoms with Gasteiger partial charge in [-0.2, -0.15) is 0 Å². The molecule has 1 aliphatic rings. The fourth-order valence-electron chi connectivity index (χ4n) is 2.62. The van der Waals surface area contributed by atoms with Crippen LogP contribution in [0, 0.1) is 6.92 Å². The van der Waals surface area contributed by atoms with Crippen molar-refractivity contribution in [2.45, 2.75) is 25.9 Å². The zero-order valence-electron chi connectivity index (χ0n) is 11.3. The van der Waals surface area contributed by atoms with Crippen molar-refractivity contribution in [2.24, 2.45) is 0 Å². The van der Waals surface area contributed by atoms with Crippen molar-refractivity contribution >= 4 is 11.6 Å². The number of halogens is 1. The van der Waals surface area contributed by atoms with Gasteiger partial charge in [-0.3, -0.25) is 4.90 Å². The van der Waals surface area contributed by atoms with Crippen molar-refractivity contribution in [3.05, 3.63) is 28.3 Å². The molecule has 0 spiro atoms. The van der Waals surface area contributed by atoms with E-state index in [1.807, 2.05) is 19.1 Å². The lowest BCUT2D eigenvalue weighted by atomic mass is 10.1. The van der Waals surface area contributed by atoms with E-state index >= 15 is 0 Å². The van der Waals surface area contributed by atoms with Gasteiger partial charge in [-0.15, -0.1) is 0 Å². The van der Waals surface area contributed by atoms with Crippen LogP contribution >= 0.6 is 11.6 Å². The summed E-state index contributed by atoms with van der Waals surface area (Å²) in [7, 11) is 3.88. The molecule has 1 aromatic rings. The van der Waals surface area contributed by atoms with E-state index in [4.69, 9.17) is 16.3 Å². The van der Waals surface area contributed by atoms with Crippen LogP contribution in [0.5, 0.6) is 5.75 Å². The summed E-state index contributed by atoms with van der Waals surface area (Å²) in [4.78, 5) is 2.37. The van der Waals surface area contributed by atoms with Crippen LogP contribution in [0.2, 0.25) is 5.02 Å². The third-order valence-corrected chi connectivity index (χ3v) is 3.82. The quantitative estimate of drug-likeness (QED) is 0.908. The lowest BCUT2D eigenvalue weighted by Gasteiger charge is -2.25. The Morgan fingerprint density at radius 1 is 1.50 bits per heavy atom. The molecule has 0 aromatic heterocycles. The number of likely N-dealkylation sites (N-methyl/N-ethyl adjacent to an activating group) is 1. The topological polar surface area (TPSA) is 24.5 Å². The Balaban J connectivity index is 2.16. The van der Waals surface area contributed by atoms with Crippen molar-refractivity contribution < 1.29 is 4.74 Å². The van der Waals surface area contributed by atoms with Crippen molar-refractivity contribution in [3.8, 4) is 5.75 Å². The summed E-state index contributed by atoms with van der Waals surface area (Å²) >= 11 is 6.14. The monoisotopic (exact) mass is 268 g/mol. The Kier molecular flexibility index (Phi) is 4.49. The number of hydrogen-bond donors (Lipinski definition) is 1. The number of hydrogen-bond acceptors (Lipinski definition) is 3. The van der Waals surface area contributed by atoms with Crippen LogP contribution < -0.4 is 10.1 Å². The second-order valence-corrected chi connectivity index (χ2v) is 5.41. The average molecular weight is 269 g/mol. The van der Waals surface area contributed by atoms with Gasteiger partial charge in [0.05, 0.1) is 7.11 Å². The highest BCUT2D eigenvalue weighted by atomic mass is 35.5. The van der Waals surface area contributed by atoms with Gasteiger partial charge >= 0.3 is 0 Å². The number of rotatable bonds is 4. The number of aryl methyl sites for hydroxylation is 1. The molecule has 1 aromatic carbocycles. The third-order valence-electron chi connectivity index (χ3n) is 3.60. The molecular formula is C14H21ClN2O. The van der Waals surface area contributed by atoms with Gasteiger partial charge in [-0.25, -0.2) is 0 Å². The van der Waals surface area contributed by atoms with E-state index in [0.717, 1.165) is 41.5 Å². The van der Waals surface area contributed by atoms with Crippen LogP contribution in [-0.4, -0.2) is 38.2 Å². The Morgan fingerprint density at radius 2 is 2.28 bits per heavy atom. The van der Waals surface area contributed by atoms with Gasteiger partial charge in [0.2, 0.25) is 0 Å². The van der Waals surface area contributed by atoms with Gasteiger partial charge in [-0.05, 0) is 44.6 Å². The molecule has 1 heterocycles. The van der Waals surface area contributed by atoms with Gasteiger partial charge in [0.15, 0.2) is 0 Å². The minimum atomic E-state index is 0.606. The number of ether oxygens (including phenoxy) is 1. The highest BCUT2D eigenvalue weighted by Crippen LogP contribution is 2.29. The summed E-state index contributed by atoms with van der Waals surface area (Å²) in [5, 5.41) is 4.17. The molecule has 0 saturated carbocycles. The molecule has 1 N–H and O–H groups in total. The number of nitrogens with one attached hydrogen (secondary N) is 1. The molecule has 0 radical (unpaired) electrons. The van der Waals surface area contributed by atoms with Crippen LogP contribution in [0.4, 0.5) is 0 Å². The second-order valence-electron chi connectivity index (χ2n) is 4.98. The van der Waals surface area contributed by atoms with E-state index in [1.54, 1.807) is 7.11 Å². The Labute approximate surface area is 114 Å². The minimum absolute atomic E-state index is 0.606. The van der Waals surface area contributed by atoms with Crippen LogP contribution in [-0.2, 0) is 6.54 Å². The summed E-state index contributed by atoms with van der Waals surface area (Å²) in [5.41, 5.74) is 2.26. The summed E-state index contributed by atoms with van der Waals surface area (Å²) < 4.78 is 5.49. The van der Waals surface area contributed by atoms with Crippen molar-refractivity contribution in [2.75, 3.05) is 27.2 Å². The van der Waals surface area contributed by atoms with Crippen molar-refractivity contribution in [1.29, 1.82) is 0 Å². The smallest absolute Gasteiger partial charge is 0.126 e. The maximum absolute atomic E-state index is 6.14. The van der Waals surface area contributed by atoms with Crippen molar-refractivity contribution in [3.63, 3.8) is 0 Å². The van der Waals surface area contributed by atoms with Gasteiger partial charge in [0.25, 0.3) is 0 Å². The Hall–Kier alpha value is -0.770. The van der Waals surface area contributed by atoms with E-state index in [1.165, 1.54) is 6.42 Å². The van der Waals surface area contributed by atoms with Crippen molar-refractivity contribution in [1.82, 2.24) is 10.2 Å². The van der Waals surface area contributed by atoms with Gasteiger partial charge < -0.3 is 10.1 Å². The fraction of sp³-hybridized carbons (Fsp3) is 0.571. The van der Waals surface area contributed by atoms with Crippen LogP contribution in [0.15, 0.2) is 12.1 Å². The molecule has 1 atom stereocenters. The highest BCUT2D eigenvalue weighted by molar-refractivity contribution is 6.30. The standard InChI is InChI=1S/C14H21ClN2O/c1-10-6-12(15)7-11(14(10)18-3)9-17(2)13-4-5-16-8-13/h6-7,13,16H,4-5,8-9H2,1-3H3. The molecule has 4 heteroatoms. The Bertz CT molecular complexity index is 417. The average Bonchev–Trinajstić information content (AvgIpc) is 2.81. The first-order chi connectivity index (χ1) is 8.61. The fourth-order valence-corrected chi connectivity index (χ4v) is 2.92. The lowest BCUT2D eigenvalue weighted by Crippen LogP contribution is -2.33. The maximum atomic E-state index is 6.14. The van der Waals surface area contributed by atoms with E-state index < -0.39 is 0 Å². The largest absolute Gasteiger partial charge is 0.496 e. The van der Waals surface area contributed by atoms with E-state index in [-0.39, 0.29) is 0 Å². The van der Waals surface area contributed by atoms with Gasteiger partial charge in [0, 0.05) is 29.7 Å². The molecule has 0 bridgehead atoms. The summed E-state index contributed by atoms with van der Waals surface area (Å²) in [6.07, 6.45) is 1.21. The first-order valence-electron chi connectivity index (χ1n) is 6.35. The minimum Gasteiger partial charge on any atom is -0.496 e. The third kappa shape index (κ3) is 2.97. The first kappa shape index (κ1) is 13.7. The van der Waals surface area contributed by atoms with E-state index in [2.05, 4.69) is 17.3 Å². The van der Waals surface area contributed by atoms with Crippen LogP contribution in [0.3, 0.4) is 0 Å². The predicted molar refractivity (Wildman–Crippen MR) is 75.5 cm³/mol. The number of nitrogens with zero attached hydrogens (tertiary/aromatic N) is 1. The summed E-state index contributed by atoms with van der Waals surface area (Å²) in [6.45, 7) is 5.08. The number of methoxy groups -OCH3 is 1. The SMILES string of the molecule is COc1c(C)cc(Cl)cc1CN(C)C1CCNC1. The summed E-state index contributed by atoms with van der Waals surface area (Å²) in [6, 6.07) is 4.56. The molecule has 2 rings (SSSR count). The van der Waals surface area contributed by atoms with Crippen LogP contribution in [0.25, 0.3) is 0 Å². The van der Waals surface area contributed by atoms with E-state index in [0.29, 0.717) is 6.04 Å². The normalized spacial score (nSPS) is 19.5. The molecule has 1 aliphatic heterocycles. The molecular weight excluding hydrogens is 248 g/mol. The van der Waals surface area contributed by atoms with Gasteiger partial charge in [0.1, 0.15) is 5.75 Å². The zero-order chi connectivity index (χ0) is 13.1. The number of benzene rings is 1. The maximum Gasteiger partial charge on any atom is 0.126 e. The molecule has 0 aliphatic carbocycles. The van der Waals surface area contributed by atoms with Crippen LogP contribution in [0.1, 0.15) is 17.5 Å². The molecule has 1 fully saturated rings. The molecule has 1 unspecified atom stereocenters. The predicted octanol–water partition coefficient (Wildman–Crippen LogP) is 2.45. The van der Waals surface area contributed by atoms with Gasteiger partial charge in [-0.1, -0.05) is 11.6 Å². The molecule has 3 nitrogen and oxygen atoms in total. The Morgan fingerprint density at radius 3 is 2.89 bits per heavy atom. The first-order valence-corrected chi connectivity index (χ1v) is 6.73. The van der Waals surface area contributed by atoms with E-state index in [9.17, 15) is 0 Å². The zero-order valence-corrected chi connectivity index (χ0v) is 12.0. The molecule has 0 amide bonds. The molecule has 100 valence electrons.